The van der Waals surface area contributed by atoms with Crippen LogP contribution in [0, 0.1) is 3.57 Å². The molecule has 0 aliphatic heterocycles. The van der Waals surface area contributed by atoms with Crippen molar-refractivity contribution in [3.8, 4) is 0 Å². The van der Waals surface area contributed by atoms with Gasteiger partial charge in [-0.05, 0) is 76.4 Å². The molecule has 19 heavy (non-hydrogen) atoms. The van der Waals surface area contributed by atoms with E-state index in [1.165, 1.54) is 14.7 Å². The highest BCUT2D eigenvalue weighted by Crippen LogP contribution is 2.40. The van der Waals surface area contributed by atoms with E-state index in [-0.39, 0.29) is 0 Å². The number of hydrogen-bond donors (Lipinski definition) is 2. The van der Waals surface area contributed by atoms with Gasteiger partial charge in [0.05, 0.1) is 5.60 Å². The van der Waals surface area contributed by atoms with Gasteiger partial charge in [0.2, 0.25) is 0 Å². The molecule has 3 rings (SSSR count). The Kier molecular flexibility index (Phi) is 3.27. The maximum Gasteiger partial charge on any atom is 0.0942 e. The molecule has 0 amide bonds. The molecule has 0 spiro atoms. The molecule has 2 aromatic rings. The van der Waals surface area contributed by atoms with Crippen molar-refractivity contribution < 1.29 is 5.11 Å². The zero-order valence-electron chi connectivity index (χ0n) is 10.6. The van der Waals surface area contributed by atoms with E-state index in [0.717, 1.165) is 24.1 Å². The number of nitrogen functional groups attached to an aromatic ring is 1. The highest BCUT2D eigenvalue weighted by molar-refractivity contribution is 14.1. The second-order valence-electron chi connectivity index (χ2n) is 5.25. The van der Waals surface area contributed by atoms with E-state index in [2.05, 4.69) is 46.9 Å². The van der Waals surface area contributed by atoms with Gasteiger partial charge in [-0.25, -0.2) is 0 Å². The van der Waals surface area contributed by atoms with E-state index in [0.29, 0.717) is 6.42 Å². The molecule has 98 valence electrons. The molecule has 2 aromatic carbocycles. The van der Waals surface area contributed by atoms with Crippen LogP contribution >= 0.6 is 22.6 Å². The Morgan fingerprint density at radius 3 is 2.63 bits per heavy atom. The SMILES string of the molecule is Nc1ccc2c(c1)CCC2(O)Cc1ccc(I)cc1. The summed E-state index contributed by atoms with van der Waals surface area (Å²) in [5, 5.41) is 10.9. The standard InChI is InChI=1S/C16H16INO/c17-13-3-1-11(2-4-13)10-16(19)8-7-12-9-14(18)5-6-15(12)16/h1-6,9,19H,7-8,10,18H2. The molecule has 0 radical (unpaired) electrons. The molecule has 1 aliphatic rings. The van der Waals surface area contributed by atoms with Crippen LogP contribution in [0.3, 0.4) is 0 Å². The Bertz CT molecular complexity index is 609. The lowest BCUT2D eigenvalue weighted by molar-refractivity contribution is 0.0390. The number of aliphatic hydroxyl groups is 1. The van der Waals surface area contributed by atoms with Gasteiger partial charge in [-0.3, -0.25) is 0 Å². The molecule has 0 fully saturated rings. The third-order valence-electron chi connectivity index (χ3n) is 3.85. The molecule has 0 aromatic heterocycles. The van der Waals surface area contributed by atoms with E-state index in [1.807, 2.05) is 18.2 Å². The van der Waals surface area contributed by atoms with Crippen LogP contribution < -0.4 is 5.73 Å². The summed E-state index contributed by atoms with van der Waals surface area (Å²) < 4.78 is 1.22. The molecular weight excluding hydrogens is 349 g/mol. The molecule has 3 N–H and O–H groups in total. The topological polar surface area (TPSA) is 46.2 Å². The zero-order valence-corrected chi connectivity index (χ0v) is 12.7. The van der Waals surface area contributed by atoms with Gasteiger partial charge in [-0.2, -0.15) is 0 Å². The molecule has 2 nitrogen and oxygen atoms in total. The first-order valence-electron chi connectivity index (χ1n) is 6.42. The number of anilines is 1. The summed E-state index contributed by atoms with van der Waals surface area (Å²) in [7, 11) is 0. The molecule has 3 heteroatoms. The highest BCUT2D eigenvalue weighted by Gasteiger charge is 2.36. The van der Waals surface area contributed by atoms with Crippen molar-refractivity contribution in [2.75, 3.05) is 5.73 Å². The Hall–Kier alpha value is -1.07. The largest absolute Gasteiger partial charge is 0.399 e. The lowest BCUT2D eigenvalue weighted by atomic mass is 9.89. The van der Waals surface area contributed by atoms with E-state index in [9.17, 15) is 5.11 Å². The number of nitrogens with two attached hydrogens (primary N) is 1. The van der Waals surface area contributed by atoms with Crippen LogP contribution in [0.1, 0.15) is 23.1 Å². The van der Waals surface area contributed by atoms with Crippen LogP contribution in [0.5, 0.6) is 0 Å². The number of benzene rings is 2. The average molecular weight is 365 g/mol. The predicted molar refractivity (Wildman–Crippen MR) is 85.9 cm³/mol. The molecule has 1 atom stereocenters. The van der Waals surface area contributed by atoms with E-state index in [4.69, 9.17) is 5.73 Å². The Morgan fingerprint density at radius 2 is 1.89 bits per heavy atom. The predicted octanol–water partition coefficient (Wildman–Crippen LogP) is 3.25. The maximum absolute atomic E-state index is 10.9. The second-order valence-corrected chi connectivity index (χ2v) is 6.50. The fourth-order valence-corrected chi connectivity index (χ4v) is 3.23. The minimum Gasteiger partial charge on any atom is -0.399 e. The van der Waals surface area contributed by atoms with Crippen LogP contribution in [0.25, 0.3) is 0 Å². The van der Waals surface area contributed by atoms with E-state index < -0.39 is 5.60 Å². The van der Waals surface area contributed by atoms with Crippen molar-refractivity contribution in [2.45, 2.75) is 24.9 Å². The van der Waals surface area contributed by atoms with Crippen LogP contribution in [0.15, 0.2) is 42.5 Å². The van der Waals surface area contributed by atoms with Gasteiger partial charge in [0.25, 0.3) is 0 Å². The van der Waals surface area contributed by atoms with E-state index in [1.54, 1.807) is 0 Å². The molecule has 0 saturated carbocycles. The van der Waals surface area contributed by atoms with Gasteiger partial charge < -0.3 is 10.8 Å². The fraction of sp³-hybridized carbons (Fsp3) is 0.250. The van der Waals surface area contributed by atoms with Gasteiger partial charge in [0, 0.05) is 15.7 Å². The summed E-state index contributed by atoms with van der Waals surface area (Å²) in [6.07, 6.45) is 2.35. The summed E-state index contributed by atoms with van der Waals surface area (Å²) in [6.45, 7) is 0. The minimum absolute atomic E-state index is 0.667. The summed E-state index contributed by atoms with van der Waals surface area (Å²) in [6, 6.07) is 14.2. The lowest BCUT2D eigenvalue weighted by Gasteiger charge is -2.24. The first-order chi connectivity index (χ1) is 9.07. The third-order valence-corrected chi connectivity index (χ3v) is 4.57. The van der Waals surface area contributed by atoms with Gasteiger partial charge in [-0.1, -0.05) is 18.2 Å². The lowest BCUT2D eigenvalue weighted by Crippen LogP contribution is -2.25. The Morgan fingerprint density at radius 1 is 1.16 bits per heavy atom. The maximum atomic E-state index is 10.9. The molecule has 0 saturated heterocycles. The molecule has 0 heterocycles. The molecule has 1 unspecified atom stereocenters. The zero-order chi connectivity index (χ0) is 13.5. The van der Waals surface area contributed by atoms with Crippen molar-refractivity contribution >= 4 is 28.3 Å². The number of aryl methyl sites for hydroxylation is 1. The van der Waals surface area contributed by atoms with Crippen LogP contribution in [-0.4, -0.2) is 5.11 Å². The number of rotatable bonds is 2. The van der Waals surface area contributed by atoms with Crippen molar-refractivity contribution in [2.24, 2.45) is 0 Å². The van der Waals surface area contributed by atoms with Gasteiger partial charge >= 0.3 is 0 Å². The van der Waals surface area contributed by atoms with Crippen molar-refractivity contribution in [3.05, 3.63) is 62.7 Å². The number of hydrogen-bond acceptors (Lipinski definition) is 2. The summed E-state index contributed by atoms with van der Waals surface area (Å²) in [5.74, 6) is 0. The normalized spacial score (nSPS) is 21.4. The van der Waals surface area contributed by atoms with Gasteiger partial charge in [0.1, 0.15) is 0 Å². The van der Waals surface area contributed by atoms with Gasteiger partial charge in [-0.15, -0.1) is 0 Å². The number of fused-ring (bicyclic) bond motifs is 1. The Labute approximate surface area is 126 Å². The molecular formula is C16H16INO. The van der Waals surface area contributed by atoms with Crippen molar-refractivity contribution in [3.63, 3.8) is 0 Å². The van der Waals surface area contributed by atoms with E-state index >= 15 is 0 Å². The monoisotopic (exact) mass is 365 g/mol. The second kappa shape index (κ2) is 4.80. The molecule has 1 aliphatic carbocycles. The average Bonchev–Trinajstić information content (AvgIpc) is 2.69. The smallest absolute Gasteiger partial charge is 0.0942 e. The minimum atomic E-state index is -0.740. The summed E-state index contributed by atoms with van der Waals surface area (Å²) in [5.41, 5.74) is 9.24. The summed E-state index contributed by atoms with van der Waals surface area (Å²) in [4.78, 5) is 0. The number of halogens is 1. The van der Waals surface area contributed by atoms with Crippen LogP contribution in [-0.2, 0) is 18.4 Å². The first-order valence-corrected chi connectivity index (χ1v) is 7.50. The quantitative estimate of drug-likeness (QED) is 0.634. The summed E-state index contributed by atoms with van der Waals surface area (Å²) >= 11 is 2.29. The first kappa shape index (κ1) is 12.9. The van der Waals surface area contributed by atoms with Crippen molar-refractivity contribution in [1.29, 1.82) is 0 Å². The van der Waals surface area contributed by atoms with Crippen LogP contribution in [0.2, 0.25) is 0 Å². The highest BCUT2D eigenvalue weighted by atomic mass is 127. The van der Waals surface area contributed by atoms with Crippen molar-refractivity contribution in [1.82, 2.24) is 0 Å². The van der Waals surface area contributed by atoms with Crippen LogP contribution in [0.4, 0.5) is 5.69 Å². The third kappa shape index (κ3) is 2.49. The van der Waals surface area contributed by atoms with Gasteiger partial charge in [0.15, 0.2) is 0 Å². The fourth-order valence-electron chi connectivity index (χ4n) is 2.87. The molecule has 0 bridgehead atoms. The Balaban J connectivity index is 1.92.